The summed E-state index contributed by atoms with van der Waals surface area (Å²) in [7, 11) is 2.22. The van der Waals surface area contributed by atoms with E-state index in [1.54, 1.807) is 0 Å². The van der Waals surface area contributed by atoms with Crippen LogP contribution in [-0.2, 0) is 6.42 Å². The standard InChI is InChI=1S/C26H31N7/c1-17-13-31(9-8-30(17)3)22-15-32(16-22)18(2)24-12-28-26-7-6-21(14-33(24)26)19-4-5-20-11-25(27)29-23(20)10-19/h4-7,10,12,14,17,22H,2,8-9,11,13,15-16H2,1,3H3,(H2,27,29). The molecule has 0 radical (unpaired) electrons. The Morgan fingerprint density at radius 2 is 1.91 bits per heavy atom. The van der Waals surface area contributed by atoms with Gasteiger partial charge in [-0.05, 0) is 48.9 Å². The largest absolute Gasteiger partial charge is 0.387 e. The summed E-state index contributed by atoms with van der Waals surface area (Å²) in [5.41, 5.74) is 13.4. The van der Waals surface area contributed by atoms with Gasteiger partial charge in [0.1, 0.15) is 11.5 Å². The van der Waals surface area contributed by atoms with Crippen LogP contribution in [0.3, 0.4) is 0 Å². The van der Waals surface area contributed by atoms with E-state index >= 15 is 0 Å². The van der Waals surface area contributed by atoms with E-state index < -0.39 is 0 Å². The van der Waals surface area contributed by atoms with E-state index in [0.717, 1.165) is 73.0 Å². The molecule has 7 nitrogen and oxygen atoms in total. The lowest BCUT2D eigenvalue weighted by molar-refractivity contribution is 0.0168. The van der Waals surface area contributed by atoms with Crippen molar-refractivity contribution in [3.63, 3.8) is 0 Å². The number of benzene rings is 1. The third-order valence-electron chi connectivity index (χ3n) is 7.61. The number of pyridine rings is 1. The highest BCUT2D eigenvalue weighted by Gasteiger charge is 2.36. The van der Waals surface area contributed by atoms with E-state index in [0.29, 0.717) is 17.9 Å². The van der Waals surface area contributed by atoms with Gasteiger partial charge in [0.25, 0.3) is 0 Å². The number of fused-ring (bicyclic) bond motifs is 2. The Labute approximate surface area is 194 Å². The Morgan fingerprint density at radius 1 is 1.09 bits per heavy atom. The number of aromatic nitrogens is 2. The smallest absolute Gasteiger partial charge is 0.137 e. The number of hydrogen-bond acceptors (Lipinski definition) is 6. The predicted octanol–water partition coefficient (Wildman–Crippen LogP) is 2.84. The van der Waals surface area contributed by atoms with E-state index in [9.17, 15) is 0 Å². The van der Waals surface area contributed by atoms with E-state index in [1.165, 1.54) is 5.56 Å². The van der Waals surface area contributed by atoms with Crippen LogP contribution in [0.2, 0.25) is 0 Å². The van der Waals surface area contributed by atoms with Crippen molar-refractivity contribution in [3.05, 3.63) is 60.6 Å². The van der Waals surface area contributed by atoms with Crippen molar-refractivity contribution in [1.82, 2.24) is 24.1 Å². The first-order valence-corrected chi connectivity index (χ1v) is 11.8. The van der Waals surface area contributed by atoms with Crippen LogP contribution in [0.4, 0.5) is 5.69 Å². The molecule has 2 N–H and O–H groups in total. The van der Waals surface area contributed by atoms with E-state index in [4.69, 9.17) is 5.73 Å². The maximum Gasteiger partial charge on any atom is 0.137 e. The first-order valence-electron chi connectivity index (χ1n) is 11.8. The van der Waals surface area contributed by atoms with Crippen LogP contribution in [0.5, 0.6) is 0 Å². The number of imidazole rings is 1. The summed E-state index contributed by atoms with van der Waals surface area (Å²) in [5.74, 6) is 0.685. The van der Waals surface area contributed by atoms with Crippen molar-refractivity contribution >= 4 is 22.9 Å². The Morgan fingerprint density at radius 3 is 2.73 bits per heavy atom. The lowest BCUT2D eigenvalue weighted by Gasteiger charge is -2.50. The molecule has 3 aliphatic rings. The van der Waals surface area contributed by atoms with Crippen LogP contribution in [0.25, 0.3) is 22.5 Å². The van der Waals surface area contributed by atoms with Crippen LogP contribution in [0.1, 0.15) is 18.2 Å². The normalized spacial score (nSPS) is 21.8. The van der Waals surface area contributed by atoms with Crippen LogP contribution in [0.15, 0.2) is 54.3 Å². The first-order chi connectivity index (χ1) is 16.0. The average molecular weight is 442 g/mol. The lowest BCUT2D eigenvalue weighted by Crippen LogP contribution is -2.63. The zero-order chi connectivity index (χ0) is 22.7. The monoisotopic (exact) mass is 441 g/mol. The quantitative estimate of drug-likeness (QED) is 0.675. The summed E-state index contributed by atoms with van der Waals surface area (Å²) in [6.07, 6.45) is 4.84. The summed E-state index contributed by atoms with van der Waals surface area (Å²) in [4.78, 5) is 16.6. The van der Waals surface area contributed by atoms with Crippen molar-refractivity contribution in [1.29, 1.82) is 0 Å². The molecule has 33 heavy (non-hydrogen) atoms. The van der Waals surface area contributed by atoms with E-state index in [-0.39, 0.29) is 0 Å². The number of nitrogens with two attached hydrogens (primary N) is 1. The van der Waals surface area contributed by atoms with E-state index in [2.05, 4.69) is 86.2 Å². The van der Waals surface area contributed by atoms with Crippen LogP contribution in [0, 0.1) is 0 Å². The molecule has 0 bridgehead atoms. The van der Waals surface area contributed by atoms with Gasteiger partial charge in [-0.15, -0.1) is 0 Å². The summed E-state index contributed by atoms with van der Waals surface area (Å²) >= 11 is 0. The van der Waals surface area contributed by atoms with Crippen LogP contribution < -0.4 is 5.73 Å². The fraction of sp³-hybridized carbons (Fsp3) is 0.385. The van der Waals surface area contributed by atoms with E-state index in [1.807, 2.05) is 6.20 Å². The number of likely N-dealkylation sites (N-methyl/N-ethyl adjacent to an activating group) is 1. The molecule has 2 fully saturated rings. The van der Waals surface area contributed by atoms with Crippen molar-refractivity contribution in [2.24, 2.45) is 10.7 Å². The molecule has 1 atom stereocenters. The molecule has 6 rings (SSSR count). The van der Waals surface area contributed by atoms with Gasteiger partial charge in [-0.25, -0.2) is 9.98 Å². The van der Waals surface area contributed by atoms with Crippen LogP contribution >= 0.6 is 0 Å². The Kier molecular flexibility index (Phi) is 4.78. The number of amidine groups is 1. The summed E-state index contributed by atoms with van der Waals surface area (Å²) in [6, 6.07) is 11.8. The average Bonchev–Trinajstić information content (AvgIpc) is 3.36. The Hall–Kier alpha value is -3.16. The fourth-order valence-electron chi connectivity index (χ4n) is 5.23. The molecular weight excluding hydrogens is 410 g/mol. The lowest BCUT2D eigenvalue weighted by atomic mass is 10.0. The summed E-state index contributed by atoms with van der Waals surface area (Å²) in [5, 5.41) is 0. The number of likely N-dealkylation sites (tertiary alicyclic amines) is 1. The molecule has 3 aliphatic heterocycles. The third-order valence-corrected chi connectivity index (χ3v) is 7.61. The van der Waals surface area contributed by atoms with Gasteiger partial charge in [0.05, 0.1) is 23.3 Å². The zero-order valence-corrected chi connectivity index (χ0v) is 19.4. The molecule has 0 spiro atoms. The first kappa shape index (κ1) is 20.4. The minimum Gasteiger partial charge on any atom is -0.387 e. The molecule has 0 amide bonds. The molecule has 3 aromatic rings. The zero-order valence-electron chi connectivity index (χ0n) is 19.4. The second kappa shape index (κ2) is 7.71. The molecule has 5 heterocycles. The van der Waals surface area contributed by atoms with Crippen molar-refractivity contribution in [3.8, 4) is 11.1 Å². The van der Waals surface area contributed by atoms with Gasteiger partial charge in [-0.2, -0.15) is 0 Å². The highest BCUT2D eigenvalue weighted by molar-refractivity contribution is 5.91. The number of piperazine rings is 1. The summed E-state index contributed by atoms with van der Waals surface area (Å²) < 4.78 is 2.16. The molecule has 2 saturated heterocycles. The second-order valence-corrected chi connectivity index (χ2v) is 9.74. The molecule has 170 valence electrons. The van der Waals surface area contributed by atoms with Gasteiger partial charge >= 0.3 is 0 Å². The maximum absolute atomic E-state index is 5.92. The number of hydrogen-bond donors (Lipinski definition) is 1. The maximum atomic E-state index is 5.92. The predicted molar refractivity (Wildman–Crippen MR) is 134 cm³/mol. The van der Waals surface area contributed by atoms with Crippen LogP contribution in [-0.4, -0.2) is 81.8 Å². The molecule has 1 unspecified atom stereocenters. The molecule has 1 aromatic carbocycles. The van der Waals surface area contributed by atoms with Gasteiger partial charge in [0.15, 0.2) is 0 Å². The highest BCUT2D eigenvalue weighted by atomic mass is 15.4. The van der Waals surface area contributed by atoms with Gasteiger partial charge in [-0.3, -0.25) is 9.30 Å². The number of nitrogens with zero attached hydrogens (tertiary/aromatic N) is 6. The van der Waals surface area contributed by atoms with Crippen molar-refractivity contribution in [2.75, 3.05) is 39.8 Å². The second-order valence-electron chi connectivity index (χ2n) is 9.74. The minimum atomic E-state index is 0.618. The number of aliphatic imine (C=N–C) groups is 1. The Balaban J connectivity index is 1.21. The van der Waals surface area contributed by atoms with Gasteiger partial charge < -0.3 is 15.5 Å². The molecule has 0 saturated carbocycles. The Bertz CT molecular complexity index is 1270. The molecular formula is C26H31N7. The molecule has 0 aliphatic carbocycles. The van der Waals surface area contributed by atoms with Gasteiger partial charge in [-0.1, -0.05) is 18.7 Å². The SMILES string of the molecule is C=C(c1cnc2ccc(-c3ccc4c(c3)N=C(N)C4)cn12)N1CC(N2CCN(C)C(C)C2)C1. The third kappa shape index (κ3) is 3.52. The topological polar surface area (TPSA) is 65.4 Å². The fourth-order valence-corrected chi connectivity index (χ4v) is 5.23. The van der Waals surface area contributed by atoms with Crippen molar-refractivity contribution in [2.45, 2.75) is 25.4 Å². The molecule has 7 heteroatoms. The van der Waals surface area contributed by atoms with Gasteiger partial charge in [0, 0.05) is 57.4 Å². The van der Waals surface area contributed by atoms with Crippen molar-refractivity contribution < 1.29 is 0 Å². The highest BCUT2D eigenvalue weighted by Crippen LogP contribution is 2.33. The number of rotatable bonds is 4. The molecule has 2 aromatic heterocycles. The minimum absolute atomic E-state index is 0.618. The summed E-state index contributed by atoms with van der Waals surface area (Å²) in [6.45, 7) is 12.3. The van der Waals surface area contributed by atoms with Gasteiger partial charge in [0.2, 0.25) is 0 Å².